The summed E-state index contributed by atoms with van der Waals surface area (Å²) in [7, 11) is 3.10. The number of anilines is 2. The van der Waals surface area contributed by atoms with E-state index in [1.54, 1.807) is 25.3 Å². The number of benzene rings is 1. The minimum atomic E-state index is -0.335. The molecule has 0 aliphatic rings. The van der Waals surface area contributed by atoms with Gasteiger partial charge in [0.1, 0.15) is 17.3 Å². The van der Waals surface area contributed by atoms with Gasteiger partial charge in [-0.3, -0.25) is 0 Å². The summed E-state index contributed by atoms with van der Waals surface area (Å²) >= 11 is 0. The van der Waals surface area contributed by atoms with Gasteiger partial charge in [0.05, 0.1) is 25.6 Å². The standard InChI is InChI=1S/C16H21N5O3/c1-11-4-7-15(21-20-11)17-8-9-18-16(22)19-13-10-12(23-2)5-6-14(13)24-3/h4-7,10H,8-9H2,1-3H3,(H,17,21)(H2,18,19,22). The first-order valence-electron chi connectivity index (χ1n) is 7.43. The van der Waals surface area contributed by atoms with Gasteiger partial charge in [-0.1, -0.05) is 0 Å². The van der Waals surface area contributed by atoms with Crippen molar-refractivity contribution in [1.82, 2.24) is 15.5 Å². The van der Waals surface area contributed by atoms with Crippen LogP contribution in [0.25, 0.3) is 0 Å². The summed E-state index contributed by atoms with van der Waals surface area (Å²) in [5, 5.41) is 16.5. The van der Waals surface area contributed by atoms with Crippen molar-refractivity contribution in [1.29, 1.82) is 0 Å². The Morgan fingerprint density at radius 2 is 1.92 bits per heavy atom. The summed E-state index contributed by atoms with van der Waals surface area (Å²) in [6.45, 7) is 2.82. The largest absolute Gasteiger partial charge is 0.497 e. The fourth-order valence-electron chi connectivity index (χ4n) is 1.94. The molecule has 2 aromatic rings. The Balaban J connectivity index is 1.80. The molecule has 8 nitrogen and oxygen atoms in total. The van der Waals surface area contributed by atoms with Gasteiger partial charge < -0.3 is 25.4 Å². The molecule has 128 valence electrons. The Morgan fingerprint density at radius 3 is 2.58 bits per heavy atom. The molecule has 0 aliphatic heterocycles. The Hall–Kier alpha value is -3.03. The van der Waals surface area contributed by atoms with Gasteiger partial charge in [0, 0.05) is 19.2 Å². The number of carbonyl (C=O) groups is 1. The number of ether oxygens (including phenoxy) is 2. The van der Waals surface area contributed by atoms with Crippen LogP contribution in [0.1, 0.15) is 5.69 Å². The zero-order chi connectivity index (χ0) is 17.4. The van der Waals surface area contributed by atoms with E-state index in [2.05, 4.69) is 26.1 Å². The molecule has 2 rings (SSSR count). The van der Waals surface area contributed by atoms with Gasteiger partial charge in [-0.15, -0.1) is 5.10 Å². The van der Waals surface area contributed by atoms with Crippen LogP contribution in [0, 0.1) is 6.92 Å². The number of aryl methyl sites for hydroxylation is 1. The lowest BCUT2D eigenvalue weighted by Crippen LogP contribution is -2.32. The van der Waals surface area contributed by atoms with Crippen LogP contribution in [0.5, 0.6) is 11.5 Å². The van der Waals surface area contributed by atoms with E-state index in [1.807, 2.05) is 19.1 Å². The average Bonchev–Trinajstić information content (AvgIpc) is 2.60. The van der Waals surface area contributed by atoms with Crippen LogP contribution in [0.15, 0.2) is 30.3 Å². The second-order valence-corrected chi connectivity index (χ2v) is 4.93. The molecule has 0 saturated heterocycles. The van der Waals surface area contributed by atoms with Gasteiger partial charge in [0.25, 0.3) is 0 Å². The van der Waals surface area contributed by atoms with Gasteiger partial charge in [0.15, 0.2) is 0 Å². The molecular weight excluding hydrogens is 310 g/mol. The van der Waals surface area contributed by atoms with Crippen LogP contribution in [0.4, 0.5) is 16.3 Å². The first-order chi connectivity index (χ1) is 11.6. The molecule has 1 aromatic heterocycles. The first kappa shape index (κ1) is 17.3. The topological polar surface area (TPSA) is 97.4 Å². The maximum Gasteiger partial charge on any atom is 0.319 e. The Morgan fingerprint density at radius 1 is 1.08 bits per heavy atom. The molecule has 0 spiro atoms. The molecule has 1 heterocycles. The molecule has 0 aliphatic carbocycles. The van der Waals surface area contributed by atoms with Crippen LogP contribution in [0.3, 0.4) is 0 Å². The van der Waals surface area contributed by atoms with Crippen molar-refractivity contribution in [2.24, 2.45) is 0 Å². The lowest BCUT2D eigenvalue weighted by Gasteiger charge is -2.12. The SMILES string of the molecule is COc1ccc(OC)c(NC(=O)NCCNc2ccc(C)nn2)c1. The summed E-state index contributed by atoms with van der Waals surface area (Å²) in [6.07, 6.45) is 0. The maximum absolute atomic E-state index is 12.0. The Labute approximate surface area is 140 Å². The van der Waals surface area contributed by atoms with E-state index in [0.717, 1.165) is 5.69 Å². The summed E-state index contributed by atoms with van der Waals surface area (Å²) < 4.78 is 10.4. The number of methoxy groups -OCH3 is 2. The van der Waals surface area contributed by atoms with Crippen molar-refractivity contribution < 1.29 is 14.3 Å². The number of aromatic nitrogens is 2. The van der Waals surface area contributed by atoms with Gasteiger partial charge in [0.2, 0.25) is 0 Å². The van der Waals surface area contributed by atoms with Crippen molar-refractivity contribution in [3.63, 3.8) is 0 Å². The predicted octanol–water partition coefficient (Wildman–Crippen LogP) is 2.04. The number of hydrogen-bond acceptors (Lipinski definition) is 6. The second kappa shape index (κ2) is 8.56. The zero-order valence-corrected chi connectivity index (χ0v) is 13.9. The lowest BCUT2D eigenvalue weighted by atomic mass is 10.2. The summed E-state index contributed by atoms with van der Waals surface area (Å²) in [6, 6.07) is 8.55. The molecule has 8 heteroatoms. The fourth-order valence-corrected chi connectivity index (χ4v) is 1.94. The second-order valence-electron chi connectivity index (χ2n) is 4.93. The molecule has 0 unspecified atom stereocenters. The van der Waals surface area contributed by atoms with Gasteiger partial charge in [-0.25, -0.2) is 4.79 Å². The van der Waals surface area contributed by atoms with Crippen molar-refractivity contribution in [3.8, 4) is 11.5 Å². The highest BCUT2D eigenvalue weighted by atomic mass is 16.5. The summed E-state index contributed by atoms with van der Waals surface area (Å²) in [5.41, 5.74) is 1.39. The minimum absolute atomic E-state index is 0.335. The van der Waals surface area contributed by atoms with Crippen LogP contribution in [-0.2, 0) is 0 Å². The third-order valence-corrected chi connectivity index (χ3v) is 3.17. The first-order valence-corrected chi connectivity index (χ1v) is 7.43. The minimum Gasteiger partial charge on any atom is -0.497 e. The zero-order valence-electron chi connectivity index (χ0n) is 13.9. The van der Waals surface area contributed by atoms with E-state index in [-0.39, 0.29) is 6.03 Å². The lowest BCUT2D eigenvalue weighted by molar-refractivity contribution is 0.252. The van der Waals surface area contributed by atoms with E-state index in [9.17, 15) is 4.79 Å². The molecule has 24 heavy (non-hydrogen) atoms. The normalized spacial score (nSPS) is 9.96. The van der Waals surface area contributed by atoms with Gasteiger partial charge in [-0.2, -0.15) is 5.10 Å². The fraction of sp³-hybridized carbons (Fsp3) is 0.312. The molecule has 0 fully saturated rings. The number of urea groups is 1. The van der Waals surface area contributed by atoms with Crippen LogP contribution < -0.4 is 25.4 Å². The van der Waals surface area contributed by atoms with E-state index in [0.29, 0.717) is 36.1 Å². The maximum atomic E-state index is 12.0. The monoisotopic (exact) mass is 331 g/mol. The number of rotatable bonds is 7. The predicted molar refractivity (Wildman–Crippen MR) is 91.8 cm³/mol. The van der Waals surface area contributed by atoms with Crippen molar-refractivity contribution in [2.45, 2.75) is 6.92 Å². The third kappa shape index (κ3) is 5.01. The van der Waals surface area contributed by atoms with E-state index in [4.69, 9.17) is 9.47 Å². The molecule has 0 radical (unpaired) electrons. The number of amides is 2. The van der Waals surface area contributed by atoms with Crippen molar-refractivity contribution in [3.05, 3.63) is 36.0 Å². The highest BCUT2D eigenvalue weighted by Crippen LogP contribution is 2.28. The highest BCUT2D eigenvalue weighted by molar-refractivity contribution is 5.91. The number of nitrogens with one attached hydrogen (secondary N) is 3. The molecule has 3 N–H and O–H groups in total. The average molecular weight is 331 g/mol. The molecule has 1 aromatic carbocycles. The summed E-state index contributed by atoms with van der Waals surface area (Å²) in [5.74, 6) is 1.85. The number of nitrogens with zero attached hydrogens (tertiary/aromatic N) is 2. The van der Waals surface area contributed by atoms with Crippen molar-refractivity contribution >= 4 is 17.5 Å². The molecule has 0 bridgehead atoms. The number of carbonyl (C=O) groups excluding carboxylic acids is 1. The Kier molecular flexibility index (Phi) is 6.18. The molecule has 2 amide bonds. The quantitative estimate of drug-likeness (QED) is 0.672. The molecular formula is C16H21N5O3. The third-order valence-electron chi connectivity index (χ3n) is 3.17. The summed E-state index contributed by atoms with van der Waals surface area (Å²) in [4.78, 5) is 12.0. The van der Waals surface area contributed by atoms with E-state index < -0.39 is 0 Å². The van der Waals surface area contributed by atoms with Crippen LogP contribution >= 0.6 is 0 Å². The van der Waals surface area contributed by atoms with E-state index in [1.165, 1.54) is 7.11 Å². The highest BCUT2D eigenvalue weighted by Gasteiger charge is 2.08. The molecule has 0 atom stereocenters. The smallest absolute Gasteiger partial charge is 0.319 e. The van der Waals surface area contributed by atoms with Crippen LogP contribution in [0.2, 0.25) is 0 Å². The molecule has 0 saturated carbocycles. The van der Waals surface area contributed by atoms with Gasteiger partial charge >= 0.3 is 6.03 Å². The van der Waals surface area contributed by atoms with E-state index >= 15 is 0 Å². The van der Waals surface area contributed by atoms with Crippen molar-refractivity contribution in [2.75, 3.05) is 37.9 Å². The van der Waals surface area contributed by atoms with Gasteiger partial charge in [-0.05, 0) is 31.2 Å². The Bertz CT molecular complexity index is 676. The number of hydrogen-bond donors (Lipinski definition) is 3. The van der Waals surface area contributed by atoms with Crippen LogP contribution in [-0.4, -0.2) is 43.5 Å².